The number of anilines is 1. The van der Waals surface area contributed by atoms with E-state index in [0.29, 0.717) is 42.0 Å². The van der Waals surface area contributed by atoms with Gasteiger partial charge in [-0.25, -0.2) is 13.8 Å². The van der Waals surface area contributed by atoms with Gasteiger partial charge in [-0.3, -0.25) is 4.79 Å². The minimum Gasteiger partial charge on any atom is -0.438 e. The summed E-state index contributed by atoms with van der Waals surface area (Å²) in [6.07, 6.45) is 2.59. The molecule has 5 rings (SSSR count). The van der Waals surface area contributed by atoms with Crippen LogP contribution in [0.5, 0.6) is 11.6 Å². The molecule has 1 saturated heterocycles. The maximum atomic E-state index is 14.3. The van der Waals surface area contributed by atoms with Crippen LogP contribution in [-0.2, 0) is 13.0 Å². The molecule has 2 aliphatic heterocycles. The molecule has 0 radical (unpaired) electrons. The Morgan fingerprint density at radius 2 is 1.69 bits per heavy atom. The van der Waals surface area contributed by atoms with Gasteiger partial charge in [0.2, 0.25) is 11.8 Å². The Labute approximate surface area is 203 Å². The molecule has 0 saturated carbocycles. The van der Waals surface area contributed by atoms with E-state index in [0.717, 1.165) is 49.3 Å². The predicted molar refractivity (Wildman–Crippen MR) is 129 cm³/mol. The lowest BCUT2D eigenvalue weighted by atomic mass is 9.99. The second-order valence-corrected chi connectivity index (χ2v) is 9.41. The fourth-order valence-electron chi connectivity index (χ4n) is 4.56. The maximum absolute atomic E-state index is 14.3. The van der Waals surface area contributed by atoms with Gasteiger partial charge in [-0.1, -0.05) is 30.7 Å². The fraction of sp³-hybridized carbons (Fsp3) is 0.370. The molecule has 3 aromatic rings. The summed E-state index contributed by atoms with van der Waals surface area (Å²) in [6, 6.07) is 11.1. The third-order valence-electron chi connectivity index (χ3n) is 6.78. The van der Waals surface area contributed by atoms with E-state index in [4.69, 9.17) is 14.7 Å². The van der Waals surface area contributed by atoms with Gasteiger partial charge < -0.3 is 14.5 Å². The van der Waals surface area contributed by atoms with Crippen molar-refractivity contribution in [2.45, 2.75) is 39.7 Å². The molecule has 8 heteroatoms. The number of carbonyl (C=O) groups excluding carboxylic acids is 1. The summed E-state index contributed by atoms with van der Waals surface area (Å²) >= 11 is 0. The van der Waals surface area contributed by atoms with Crippen molar-refractivity contribution in [3.63, 3.8) is 0 Å². The van der Waals surface area contributed by atoms with E-state index in [9.17, 15) is 13.6 Å². The van der Waals surface area contributed by atoms with Gasteiger partial charge in [0.05, 0.1) is 17.8 Å². The molecule has 0 bridgehead atoms. The highest BCUT2D eigenvalue weighted by Crippen LogP contribution is 2.33. The Morgan fingerprint density at radius 1 is 1.00 bits per heavy atom. The summed E-state index contributed by atoms with van der Waals surface area (Å²) < 4.78 is 34.8. The molecular weight excluding hydrogens is 450 g/mol. The van der Waals surface area contributed by atoms with Gasteiger partial charge in [0, 0.05) is 26.1 Å². The van der Waals surface area contributed by atoms with Crippen LogP contribution in [0.2, 0.25) is 0 Å². The Kier molecular flexibility index (Phi) is 6.36. The number of fused-ring (bicyclic) bond motifs is 1. The van der Waals surface area contributed by atoms with Crippen LogP contribution >= 0.6 is 0 Å². The summed E-state index contributed by atoms with van der Waals surface area (Å²) in [5.41, 5.74) is 2.02. The summed E-state index contributed by atoms with van der Waals surface area (Å²) in [6.45, 7) is 6.41. The molecular formula is C27H28F2N4O2. The number of rotatable bonds is 4. The van der Waals surface area contributed by atoms with Gasteiger partial charge >= 0.3 is 0 Å². The topological polar surface area (TPSA) is 58.6 Å². The van der Waals surface area contributed by atoms with Crippen molar-refractivity contribution in [2.75, 3.05) is 24.5 Å². The molecule has 0 N–H and O–H groups in total. The normalized spacial score (nSPS) is 16.2. The quantitative estimate of drug-likeness (QED) is 0.510. The van der Waals surface area contributed by atoms with Crippen molar-refractivity contribution in [1.82, 2.24) is 14.9 Å². The first-order chi connectivity index (χ1) is 16.9. The van der Waals surface area contributed by atoms with E-state index in [1.165, 1.54) is 11.0 Å². The molecule has 1 fully saturated rings. The van der Waals surface area contributed by atoms with Gasteiger partial charge in [0.15, 0.2) is 0 Å². The lowest BCUT2D eigenvalue weighted by Gasteiger charge is -2.33. The largest absolute Gasteiger partial charge is 0.438 e. The lowest BCUT2D eigenvalue weighted by molar-refractivity contribution is 0.0722. The summed E-state index contributed by atoms with van der Waals surface area (Å²) in [4.78, 5) is 26.3. The van der Waals surface area contributed by atoms with Crippen molar-refractivity contribution in [3.05, 3.63) is 76.5 Å². The lowest BCUT2D eigenvalue weighted by Crippen LogP contribution is -2.39. The molecule has 35 heavy (non-hydrogen) atoms. The molecule has 182 valence electrons. The van der Waals surface area contributed by atoms with E-state index >= 15 is 0 Å². The van der Waals surface area contributed by atoms with Crippen LogP contribution in [0.4, 0.5) is 14.7 Å². The van der Waals surface area contributed by atoms with Crippen LogP contribution in [0.25, 0.3) is 0 Å². The number of piperidine rings is 1. The van der Waals surface area contributed by atoms with Crippen molar-refractivity contribution < 1.29 is 18.3 Å². The maximum Gasteiger partial charge on any atom is 0.260 e. The fourth-order valence-corrected chi connectivity index (χ4v) is 4.56. The number of ether oxygens (including phenoxy) is 1. The minimum absolute atomic E-state index is 0.112. The molecule has 2 aromatic carbocycles. The van der Waals surface area contributed by atoms with Crippen LogP contribution in [-0.4, -0.2) is 40.4 Å². The number of nitrogens with zero attached hydrogens (tertiary/aromatic N) is 4. The number of hydrogen-bond acceptors (Lipinski definition) is 5. The zero-order chi connectivity index (χ0) is 24.5. The first kappa shape index (κ1) is 23.2. The van der Waals surface area contributed by atoms with E-state index < -0.39 is 23.1 Å². The van der Waals surface area contributed by atoms with Crippen LogP contribution < -0.4 is 9.64 Å². The second-order valence-electron chi connectivity index (χ2n) is 9.41. The third-order valence-corrected chi connectivity index (χ3v) is 6.78. The van der Waals surface area contributed by atoms with Crippen molar-refractivity contribution in [3.8, 4) is 11.6 Å². The molecule has 3 heterocycles. The average molecular weight is 479 g/mol. The van der Waals surface area contributed by atoms with Crippen molar-refractivity contribution in [2.24, 2.45) is 5.92 Å². The Morgan fingerprint density at radius 3 is 2.37 bits per heavy atom. The zero-order valence-electron chi connectivity index (χ0n) is 19.9. The number of aromatic nitrogens is 2. The van der Waals surface area contributed by atoms with E-state index in [1.807, 2.05) is 31.2 Å². The standard InChI is InChI=1S/C27H28F2N4O2/c1-17-6-8-19(9-7-17)35-25-20-16-33(26(34)24-21(28)4-3-5-22(24)29)15-12-23(20)30-27(31-25)32-13-10-18(2)11-14-32/h3-9,18H,10-16H2,1-2H3. The van der Waals surface area contributed by atoms with Crippen LogP contribution in [0, 0.1) is 24.5 Å². The zero-order valence-corrected chi connectivity index (χ0v) is 19.9. The number of benzene rings is 2. The van der Waals surface area contributed by atoms with Crippen LogP contribution in [0.15, 0.2) is 42.5 Å². The Balaban J connectivity index is 1.49. The van der Waals surface area contributed by atoms with Gasteiger partial charge in [0.25, 0.3) is 5.91 Å². The summed E-state index contributed by atoms with van der Waals surface area (Å²) in [5, 5.41) is 0. The highest BCUT2D eigenvalue weighted by Gasteiger charge is 2.31. The van der Waals surface area contributed by atoms with Gasteiger partial charge in [-0.2, -0.15) is 4.98 Å². The molecule has 1 aromatic heterocycles. The van der Waals surface area contributed by atoms with Crippen molar-refractivity contribution >= 4 is 11.9 Å². The van der Waals surface area contributed by atoms with Gasteiger partial charge in [0.1, 0.15) is 22.9 Å². The minimum atomic E-state index is -0.872. The smallest absolute Gasteiger partial charge is 0.260 e. The van der Waals surface area contributed by atoms with Crippen LogP contribution in [0.1, 0.15) is 46.9 Å². The SMILES string of the molecule is Cc1ccc(Oc2nc(N3CCC(C)CC3)nc3c2CN(C(=O)c2c(F)cccc2F)CC3)cc1. The number of amides is 1. The van der Waals surface area contributed by atoms with Gasteiger partial charge in [-0.15, -0.1) is 0 Å². The summed E-state index contributed by atoms with van der Waals surface area (Å²) in [7, 11) is 0. The number of halogens is 2. The number of hydrogen-bond donors (Lipinski definition) is 0. The first-order valence-corrected chi connectivity index (χ1v) is 12.0. The number of carbonyl (C=O) groups is 1. The predicted octanol–water partition coefficient (Wildman–Crippen LogP) is 5.29. The molecule has 0 spiro atoms. The van der Waals surface area contributed by atoms with E-state index in [1.54, 1.807) is 0 Å². The van der Waals surface area contributed by atoms with E-state index in [2.05, 4.69) is 11.8 Å². The van der Waals surface area contributed by atoms with Gasteiger partial charge in [-0.05, 0) is 49.9 Å². The molecule has 1 amide bonds. The highest BCUT2D eigenvalue weighted by atomic mass is 19.1. The summed E-state index contributed by atoms with van der Waals surface area (Å²) in [5.74, 6) is -0.146. The highest BCUT2D eigenvalue weighted by molar-refractivity contribution is 5.95. The Bertz CT molecular complexity index is 1220. The monoisotopic (exact) mass is 478 g/mol. The Hall–Kier alpha value is -3.55. The average Bonchev–Trinajstić information content (AvgIpc) is 2.85. The third kappa shape index (κ3) is 4.83. The first-order valence-electron chi connectivity index (χ1n) is 12.0. The molecule has 0 aliphatic carbocycles. The van der Waals surface area contributed by atoms with E-state index in [-0.39, 0.29) is 6.54 Å². The molecule has 0 atom stereocenters. The number of aryl methyl sites for hydroxylation is 1. The van der Waals surface area contributed by atoms with Crippen molar-refractivity contribution in [1.29, 1.82) is 0 Å². The molecule has 2 aliphatic rings. The van der Waals surface area contributed by atoms with Crippen LogP contribution in [0.3, 0.4) is 0 Å². The second kappa shape index (κ2) is 9.60. The molecule has 0 unspecified atom stereocenters. The molecule has 6 nitrogen and oxygen atoms in total.